The second-order valence-corrected chi connectivity index (χ2v) is 18.6. The molecule has 54 heavy (non-hydrogen) atoms. The van der Waals surface area contributed by atoms with Gasteiger partial charge in [0.1, 0.15) is 0 Å². The highest BCUT2D eigenvalue weighted by atomic mass is 16.2. The Hall–Kier alpha value is -3.10. The van der Waals surface area contributed by atoms with E-state index in [-0.39, 0.29) is 12.1 Å². The first kappa shape index (κ1) is 36.5. The number of carbonyl (C=O) groups excluding carboxylic acids is 2. The molecule has 8 nitrogen and oxygen atoms in total. The maximum Gasteiger partial charge on any atom is 0.315 e. The molecule has 4 bridgehead atoms. The van der Waals surface area contributed by atoms with Gasteiger partial charge in [0.05, 0.1) is 0 Å². The predicted molar refractivity (Wildman–Crippen MR) is 215 cm³/mol. The fraction of sp³-hybridized carbons (Fsp3) is 0.696. The minimum Gasteiger partial charge on any atom is -0.338 e. The molecule has 0 spiro atoms. The molecule has 2 aromatic carbocycles. The Labute approximate surface area is 324 Å². The average molecular weight is 735 g/mol. The molecule has 0 aromatic heterocycles. The molecule has 6 unspecified atom stereocenters. The van der Waals surface area contributed by atoms with Crippen molar-refractivity contribution in [2.45, 2.75) is 152 Å². The van der Waals surface area contributed by atoms with Crippen LogP contribution in [0.3, 0.4) is 0 Å². The van der Waals surface area contributed by atoms with E-state index in [9.17, 15) is 9.59 Å². The monoisotopic (exact) mass is 735 g/mol. The number of hydrogen-bond acceptors (Lipinski definition) is 4. The van der Waals surface area contributed by atoms with E-state index < -0.39 is 0 Å². The van der Waals surface area contributed by atoms with E-state index >= 15 is 0 Å². The molecule has 4 amide bonds. The summed E-state index contributed by atoms with van der Waals surface area (Å²) in [5.41, 5.74) is 6.34. The molecule has 6 atom stereocenters. The number of nitrogens with zero attached hydrogens (tertiary/aromatic N) is 2. The van der Waals surface area contributed by atoms with Gasteiger partial charge in [-0.1, -0.05) is 55.0 Å². The lowest BCUT2D eigenvalue weighted by Crippen LogP contribution is -2.46. The van der Waals surface area contributed by atoms with E-state index in [2.05, 4.69) is 79.6 Å². The zero-order valence-electron chi connectivity index (χ0n) is 32.7. The van der Waals surface area contributed by atoms with Crippen molar-refractivity contribution < 1.29 is 9.59 Å². The first-order valence-electron chi connectivity index (χ1n) is 22.3. The van der Waals surface area contributed by atoms with Crippen LogP contribution in [0.1, 0.15) is 162 Å². The van der Waals surface area contributed by atoms with Crippen molar-refractivity contribution in [1.29, 1.82) is 0 Å². The van der Waals surface area contributed by atoms with Crippen molar-refractivity contribution in [3.8, 4) is 0 Å². The van der Waals surface area contributed by atoms with Crippen LogP contribution in [-0.2, 0) is 0 Å². The minimum atomic E-state index is 0.00734. The van der Waals surface area contributed by atoms with Crippen LogP contribution in [0.25, 0.3) is 0 Å². The number of fused-ring (bicyclic) bond motifs is 10. The normalized spacial score (nSPS) is 34.3. The number of hydrogen-bond donors (Lipinski definition) is 4. The molecular weight excluding hydrogens is 669 g/mol. The molecule has 7 aliphatic rings. The lowest BCUT2D eigenvalue weighted by molar-refractivity contribution is 0.184. The van der Waals surface area contributed by atoms with Gasteiger partial charge >= 0.3 is 12.1 Å². The Morgan fingerprint density at radius 1 is 0.481 bits per heavy atom. The largest absolute Gasteiger partial charge is 0.338 e. The Morgan fingerprint density at radius 2 is 0.852 bits per heavy atom. The first-order valence-corrected chi connectivity index (χ1v) is 22.3. The van der Waals surface area contributed by atoms with E-state index in [4.69, 9.17) is 0 Å². The zero-order valence-corrected chi connectivity index (χ0v) is 32.7. The van der Waals surface area contributed by atoms with E-state index in [0.29, 0.717) is 48.1 Å². The lowest BCUT2D eigenvalue weighted by atomic mass is 9.81. The van der Waals surface area contributed by atoms with Crippen molar-refractivity contribution in [2.24, 2.45) is 23.7 Å². The standard InChI is InChI=1S/C46H66N6O2/c53-45(49-35-16-12-31(13-17-35)24-26-51-41-20-21-42(51)38-9-2-1-8-37(38)41)47-29-33-6-5-7-34(28-33)30-48-46(54)50-36-18-14-32(15-19-36)25-27-52-43-22-23-44(52)40-11-4-3-10-39(40)43/h1-4,8-11,31-36,41-44H,5-7,12-30H2,(H2,47,49,53)(H2,48,50,54). The number of amides is 4. The van der Waals surface area contributed by atoms with Gasteiger partial charge in [-0.05, 0) is 168 Å². The molecule has 4 heterocycles. The molecule has 8 heteroatoms. The van der Waals surface area contributed by atoms with Crippen molar-refractivity contribution in [2.75, 3.05) is 26.2 Å². The summed E-state index contributed by atoms with van der Waals surface area (Å²) in [4.78, 5) is 31.4. The fourth-order valence-corrected chi connectivity index (χ4v) is 12.5. The Balaban J connectivity index is 0.615. The van der Waals surface area contributed by atoms with Crippen LogP contribution in [-0.4, -0.2) is 60.1 Å². The third-order valence-electron chi connectivity index (χ3n) is 15.4. The van der Waals surface area contributed by atoms with Gasteiger partial charge in [-0.3, -0.25) is 9.80 Å². The van der Waals surface area contributed by atoms with Crippen LogP contribution < -0.4 is 21.3 Å². The Bertz CT molecular complexity index is 1420. The molecule has 0 radical (unpaired) electrons. The number of carbonyl (C=O) groups is 2. The maximum absolute atomic E-state index is 12.9. The quantitative estimate of drug-likeness (QED) is 0.175. The molecule has 3 aliphatic carbocycles. The van der Waals surface area contributed by atoms with Gasteiger partial charge in [0, 0.05) is 49.3 Å². The SMILES string of the molecule is O=C(NCC1CCCC(CNC(=O)NC2CCC(CCN3C4CCC3c3ccccc34)CC2)C1)NC1CCC(CCN2C3CCC2c2ccccc23)CC1. The highest BCUT2D eigenvalue weighted by molar-refractivity contribution is 5.74. The minimum absolute atomic E-state index is 0.00734. The number of benzene rings is 2. The van der Waals surface area contributed by atoms with Crippen LogP contribution in [0.4, 0.5) is 9.59 Å². The molecule has 2 saturated heterocycles. The third-order valence-corrected chi connectivity index (χ3v) is 15.4. The lowest BCUT2D eigenvalue weighted by Gasteiger charge is -2.32. The highest BCUT2D eigenvalue weighted by Crippen LogP contribution is 2.54. The number of rotatable bonds is 12. The molecular formula is C46H66N6O2. The second-order valence-electron chi connectivity index (χ2n) is 18.6. The molecule has 292 valence electrons. The summed E-state index contributed by atoms with van der Waals surface area (Å²) in [5.74, 6) is 2.54. The molecule has 3 saturated carbocycles. The molecule has 9 rings (SSSR count). The molecule has 2 aromatic rings. The highest BCUT2D eigenvalue weighted by Gasteiger charge is 2.44. The van der Waals surface area contributed by atoms with Crippen LogP contribution in [0.5, 0.6) is 0 Å². The van der Waals surface area contributed by atoms with Crippen LogP contribution in [0, 0.1) is 23.7 Å². The summed E-state index contributed by atoms with van der Waals surface area (Å²) >= 11 is 0. The number of urea groups is 2. The molecule has 4 aliphatic heterocycles. The van der Waals surface area contributed by atoms with E-state index in [1.54, 1.807) is 22.3 Å². The van der Waals surface area contributed by atoms with E-state index in [1.165, 1.54) is 83.7 Å². The summed E-state index contributed by atoms with van der Waals surface area (Å²) in [6.45, 7) is 3.90. The topological polar surface area (TPSA) is 88.7 Å². The second kappa shape index (κ2) is 16.6. The molecule has 4 N–H and O–H groups in total. The summed E-state index contributed by atoms with van der Waals surface area (Å²) in [6, 6.07) is 21.4. The van der Waals surface area contributed by atoms with Gasteiger partial charge in [0.2, 0.25) is 0 Å². The van der Waals surface area contributed by atoms with E-state index in [0.717, 1.165) is 69.9 Å². The summed E-state index contributed by atoms with van der Waals surface area (Å²) in [6.07, 6.45) is 21.7. The Morgan fingerprint density at radius 3 is 1.22 bits per heavy atom. The van der Waals surface area contributed by atoms with Gasteiger partial charge in [0.15, 0.2) is 0 Å². The smallest absolute Gasteiger partial charge is 0.315 e. The van der Waals surface area contributed by atoms with Crippen molar-refractivity contribution in [1.82, 2.24) is 31.1 Å². The first-order chi connectivity index (χ1) is 26.6. The fourth-order valence-electron chi connectivity index (χ4n) is 12.5. The van der Waals surface area contributed by atoms with E-state index in [1.807, 2.05) is 0 Å². The van der Waals surface area contributed by atoms with Crippen LogP contribution >= 0.6 is 0 Å². The summed E-state index contributed by atoms with van der Waals surface area (Å²) in [5, 5.41) is 13.0. The van der Waals surface area contributed by atoms with Gasteiger partial charge in [0.25, 0.3) is 0 Å². The van der Waals surface area contributed by atoms with Gasteiger partial charge in [-0.2, -0.15) is 0 Å². The van der Waals surface area contributed by atoms with Gasteiger partial charge in [-0.15, -0.1) is 0 Å². The third kappa shape index (κ3) is 7.94. The average Bonchev–Trinajstić information content (AvgIpc) is 3.97. The molecule has 5 fully saturated rings. The zero-order chi connectivity index (χ0) is 36.4. The summed E-state index contributed by atoms with van der Waals surface area (Å²) in [7, 11) is 0. The van der Waals surface area contributed by atoms with Crippen molar-refractivity contribution in [3.05, 3.63) is 70.8 Å². The predicted octanol–water partition coefficient (Wildman–Crippen LogP) is 9.07. The maximum atomic E-state index is 12.9. The van der Waals surface area contributed by atoms with Crippen molar-refractivity contribution in [3.63, 3.8) is 0 Å². The summed E-state index contributed by atoms with van der Waals surface area (Å²) < 4.78 is 0. The van der Waals surface area contributed by atoms with Crippen molar-refractivity contribution >= 4 is 12.1 Å². The number of nitrogens with one attached hydrogen (secondary N) is 4. The van der Waals surface area contributed by atoms with Gasteiger partial charge in [-0.25, -0.2) is 9.59 Å². The van der Waals surface area contributed by atoms with Crippen LogP contribution in [0.15, 0.2) is 48.5 Å². The van der Waals surface area contributed by atoms with Crippen LogP contribution in [0.2, 0.25) is 0 Å². The van der Waals surface area contributed by atoms with Gasteiger partial charge < -0.3 is 21.3 Å². The Kier molecular flexibility index (Phi) is 11.2.